The van der Waals surface area contributed by atoms with Crippen molar-refractivity contribution in [3.05, 3.63) is 59.4 Å². The van der Waals surface area contributed by atoms with Gasteiger partial charge in [0, 0.05) is 11.5 Å². The van der Waals surface area contributed by atoms with Crippen LogP contribution in [0.25, 0.3) is 0 Å². The highest BCUT2D eigenvalue weighted by molar-refractivity contribution is 5.32. The van der Waals surface area contributed by atoms with Crippen LogP contribution in [0, 0.1) is 29.5 Å². The quantitative estimate of drug-likeness (QED) is 0.303. The molecule has 4 nitrogen and oxygen atoms in total. The van der Waals surface area contributed by atoms with Gasteiger partial charge in [-0.05, 0) is 105 Å². The maximum absolute atomic E-state index is 15.1. The van der Waals surface area contributed by atoms with E-state index < -0.39 is 30.4 Å². The van der Waals surface area contributed by atoms with Gasteiger partial charge in [-0.3, -0.25) is 0 Å². The van der Waals surface area contributed by atoms with Crippen LogP contribution in [0.2, 0.25) is 0 Å². The first-order chi connectivity index (χ1) is 19.5. The maximum atomic E-state index is 15.1. The van der Waals surface area contributed by atoms with Crippen molar-refractivity contribution in [1.82, 2.24) is 0 Å². The van der Waals surface area contributed by atoms with Crippen molar-refractivity contribution in [2.75, 3.05) is 13.2 Å². The minimum atomic E-state index is -4.86. The van der Waals surface area contributed by atoms with Gasteiger partial charge in [-0.1, -0.05) is 19.1 Å². The molecular weight excluding hydrogens is 550 g/mol. The minimum Gasteiger partial charge on any atom is -0.432 e. The zero-order valence-corrected chi connectivity index (χ0v) is 23.0. The van der Waals surface area contributed by atoms with Crippen LogP contribution < -0.4 is 9.47 Å². The molecule has 3 aliphatic rings. The van der Waals surface area contributed by atoms with Gasteiger partial charge in [0.25, 0.3) is 0 Å². The summed E-state index contributed by atoms with van der Waals surface area (Å²) in [5, 5.41) is 0. The Balaban J connectivity index is 1.08. The zero-order valence-electron chi connectivity index (χ0n) is 23.0. The largest absolute Gasteiger partial charge is 0.573 e. The van der Waals surface area contributed by atoms with Crippen molar-refractivity contribution in [2.45, 2.75) is 83.0 Å². The molecule has 2 aromatic rings. The first-order valence-corrected chi connectivity index (χ1v) is 14.4. The SMILES string of the molecule is CC1COC(c2ccc(C3CCC(C4CCC(C(F)(F)Oc5ccc(OC(F)(F)F)cc5)CC4)CC3)c(F)c2)OC1. The Morgan fingerprint density at radius 3 is 1.78 bits per heavy atom. The third kappa shape index (κ3) is 7.69. The van der Waals surface area contributed by atoms with Gasteiger partial charge in [-0.15, -0.1) is 13.2 Å². The highest BCUT2D eigenvalue weighted by Gasteiger charge is 2.45. The monoisotopic (exact) mass is 586 g/mol. The third-order valence-corrected chi connectivity index (χ3v) is 8.80. The number of rotatable bonds is 7. The summed E-state index contributed by atoms with van der Waals surface area (Å²) < 4.78 is 102. The molecule has 0 spiro atoms. The molecule has 2 aliphatic carbocycles. The van der Waals surface area contributed by atoms with Gasteiger partial charge in [-0.2, -0.15) is 8.78 Å². The predicted octanol–water partition coefficient (Wildman–Crippen LogP) is 9.16. The number of hydrogen-bond donors (Lipinski definition) is 0. The first kappa shape index (κ1) is 30.0. The molecule has 0 N–H and O–H groups in total. The van der Waals surface area contributed by atoms with E-state index in [4.69, 9.17) is 14.2 Å². The fourth-order valence-corrected chi connectivity index (χ4v) is 6.59. The fourth-order valence-electron chi connectivity index (χ4n) is 6.59. The molecule has 10 heteroatoms. The Labute approximate surface area is 236 Å². The zero-order chi connectivity index (χ0) is 29.2. The van der Waals surface area contributed by atoms with E-state index in [0.717, 1.165) is 55.5 Å². The molecule has 5 rings (SSSR count). The van der Waals surface area contributed by atoms with Gasteiger partial charge in [-0.25, -0.2) is 4.39 Å². The minimum absolute atomic E-state index is 0.135. The molecule has 41 heavy (non-hydrogen) atoms. The second kappa shape index (κ2) is 12.4. The summed E-state index contributed by atoms with van der Waals surface area (Å²) in [6.45, 7) is 3.21. The average molecular weight is 587 g/mol. The molecule has 0 radical (unpaired) electrons. The van der Waals surface area contributed by atoms with Crippen molar-refractivity contribution in [2.24, 2.45) is 23.7 Å². The highest BCUT2D eigenvalue weighted by atomic mass is 19.4. The summed E-state index contributed by atoms with van der Waals surface area (Å²) in [4.78, 5) is 0. The molecule has 1 heterocycles. The summed E-state index contributed by atoms with van der Waals surface area (Å²) in [7, 11) is 0. The molecule has 3 fully saturated rings. The molecule has 1 aliphatic heterocycles. The smallest absolute Gasteiger partial charge is 0.432 e. The van der Waals surface area contributed by atoms with Crippen molar-refractivity contribution < 1.29 is 45.3 Å². The van der Waals surface area contributed by atoms with Crippen molar-refractivity contribution in [3.8, 4) is 11.5 Å². The van der Waals surface area contributed by atoms with Gasteiger partial charge < -0.3 is 18.9 Å². The lowest BCUT2D eigenvalue weighted by atomic mass is 9.68. The van der Waals surface area contributed by atoms with Gasteiger partial charge in [0.15, 0.2) is 6.29 Å². The summed E-state index contributed by atoms with van der Waals surface area (Å²) in [5.74, 6) is -0.679. The average Bonchev–Trinajstić information content (AvgIpc) is 2.94. The Morgan fingerprint density at radius 2 is 1.24 bits per heavy atom. The lowest BCUT2D eigenvalue weighted by Gasteiger charge is -2.39. The van der Waals surface area contributed by atoms with Crippen LogP contribution in [0.5, 0.6) is 11.5 Å². The molecule has 1 saturated heterocycles. The third-order valence-electron chi connectivity index (χ3n) is 8.80. The molecule has 0 bridgehead atoms. The Kier molecular flexibility index (Phi) is 9.09. The number of halogens is 6. The van der Waals surface area contributed by atoms with Crippen LogP contribution in [-0.2, 0) is 9.47 Å². The second-order valence-corrected chi connectivity index (χ2v) is 11.8. The van der Waals surface area contributed by atoms with Gasteiger partial charge in [0.1, 0.15) is 17.3 Å². The highest BCUT2D eigenvalue weighted by Crippen LogP contribution is 2.47. The van der Waals surface area contributed by atoms with Crippen LogP contribution in [0.15, 0.2) is 42.5 Å². The van der Waals surface area contributed by atoms with E-state index >= 15 is 4.39 Å². The number of alkyl halides is 5. The number of ether oxygens (including phenoxy) is 4. The van der Waals surface area contributed by atoms with Crippen LogP contribution >= 0.6 is 0 Å². The Morgan fingerprint density at radius 1 is 0.707 bits per heavy atom. The molecule has 0 unspecified atom stereocenters. The van der Waals surface area contributed by atoms with E-state index in [1.165, 1.54) is 6.07 Å². The fraction of sp³-hybridized carbons (Fsp3) is 0.613. The van der Waals surface area contributed by atoms with E-state index in [0.29, 0.717) is 62.2 Å². The van der Waals surface area contributed by atoms with Gasteiger partial charge in [0.05, 0.1) is 19.1 Å². The Bertz CT molecular complexity index is 1130. The molecule has 226 valence electrons. The summed E-state index contributed by atoms with van der Waals surface area (Å²) in [6.07, 6.45) is -3.25. The first-order valence-electron chi connectivity index (χ1n) is 14.4. The van der Waals surface area contributed by atoms with Gasteiger partial charge >= 0.3 is 12.5 Å². The predicted molar refractivity (Wildman–Crippen MR) is 139 cm³/mol. The Hall–Kier alpha value is -2.46. The number of hydrogen-bond acceptors (Lipinski definition) is 4. The van der Waals surface area contributed by atoms with E-state index in [2.05, 4.69) is 4.74 Å². The van der Waals surface area contributed by atoms with Crippen molar-refractivity contribution in [1.29, 1.82) is 0 Å². The van der Waals surface area contributed by atoms with E-state index in [9.17, 15) is 22.0 Å². The van der Waals surface area contributed by atoms with Crippen molar-refractivity contribution >= 4 is 0 Å². The molecule has 2 aromatic carbocycles. The molecule has 0 aromatic heterocycles. The lowest BCUT2D eigenvalue weighted by Crippen LogP contribution is -2.38. The standard InChI is InChI=1S/C31H36F6O4/c1-19-17-38-29(39-18-19)23-8-15-27(28(32)16-23)22-4-2-20(3-5-22)21-6-9-24(10-7-21)30(33,34)40-25-11-13-26(14-12-25)41-31(35,36)37/h8,11-16,19-22,24,29H,2-7,9-10,17-18H2,1H3. The van der Waals surface area contributed by atoms with Crippen LogP contribution in [0.4, 0.5) is 26.3 Å². The van der Waals surface area contributed by atoms with Crippen LogP contribution in [0.3, 0.4) is 0 Å². The summed E-state index contributed by atoms with van der Waals surface area (Å²) in [5.41, 5.74) is 1.41. The normalized spacial score (nSPS) is 29.6. The second-order valence-electron chi connectivity index (χ2n) is 11.8. The van der Waals surface area contributed by atoms with Crippen LogP contribution in [-0.4, -0.2) is 25.7 Å². The summed E-state index contributed by atoms with van der Waals surface area (Å²) in [6, 6.07) is 9.26. The van der Waals surface area contributed by atoms with Crippen molar-refractivity contribution in [3.63, 3.8) is 0 Å². The lowest BCUT2D eigenvalue weighted by molar-refractivity contribution is -0.274. The van der Waals surface area contributed by atoms with E-state index in [-0.39, 0.29) is 17.5 Å². The number of benzene rings is 2. The molecule has 0 amide bonds. The maximum Gasteiger partial charge on any atom is 0.573 e. The topological polar surface area (TPSA) is 36.9 Å². The van der Waals surface area contributed by atoms with Gasteiger partial charge in [0.2, 0.25) is 0 Å². The van der Waals surface area contributed by atoms with E-state index in [1.807, 2.05) is 19.1 Å². The van der Waals surface area contributed by atoms with Crippen LogP contribution in [0.1, 0.15) is 81.6 Å². The van der Waals surface area contributed by atoms with E-state index in [1.54, 1.807) is 0 Å². The molecule has 2 saturated carbocycles. The molecular formula is C31H36F6O4. The molecule has 0 atom stereocenters. The summed E-state index contributed by atoms with van der Waals surface area (Å²) >= 11 is 0.